The number of hydrogen-bond acceptors (Lipinski definition) is 4. The molecule has 2 atom stereocenters. The predicted molar refractivity (Wildman–Crippen MR) is 65.7 cm³/mol. The zero-order valence-corrected chi connectivity index (χ0v) is 10.7. The van der Waals surface area contributed by atoms with Crippen LogP contribution in [-0.4, -0.2) is 24.4 Å². The summed E-state index contributed by atoms with van der Waals surface area (Å²) in [5, 5.41) is 7.53. The van der Waals surface area contributed by atoms with Gasteiger partial charge in [-0.05, 0) is 32.1 Å². The van der Waals surface area contributed by atoms with Crippen molar-refractivity contribution in [2.24, 2.45) is 5.92 Å². The number of aromatic nitrogens is 1. The molecule has 0 radical (unpaired) electrons. The highest BCUT2D eigenvalue weighted by atomic mass is 16.5. The first-order chi connectivity index (χ1) is 8.31. The molecule has 2 heterocycles. The standard InChI is InChI=1S/C13H22N2O2/c1-3-13-12(9-17-15-13)7-14-10(2)11-5-4-6-16-8-11/h9-11,14H,3-8H2,1-2H3/t10-,11+/m0/s1. The number of nitrogens with zero attached hydrogens (tertiary/aromatic N) is 1. The van der Waals surface area contributed by atoms with Gasteiger partial charge in [0.15, 0.2) is 0 Å². The summed E-state index contributed by atoms with van der Waals surface area (Å²) < 4.78 is 10.5. The van der Waals surface area contributed by atoms with Gasteiger partial charge in [0.2, 0.25) is 0 Å². The number of ether oxygens (including phenoxy) is 1. The molecule has 1 saturated heterocycles. The summed E-state index contributed by atoms with van der Waals surface area (Å²) in [6.45, 7) is 6.98. The van der Waals surface area contributed by atoms with Gasteiger partial charge in [0, 0.05) is 24.8 Å². The lowest BCUT2D eigenvalue weighted by molar-refractivity contribution is 0.0417. The Hall–Kier alpha value is -0.870. The third-order valence-electron chi connectivity index (χ3n) is 3.58. The van der Waals surface area contributed by atoms with E-state index in [1.165, 1.54) is 18.4 Å². The maximum Gasteiger partial charge on any atom is 0.128 e. The van der Waals surface area contributed by atoms with E-state index in [0.29, 0.717) is 12.0 Å². The number of rotatable bonds is 5. The van der Waals surface area contributed by atoms with Gasteiger partial charge in [0.1, 0.15) is 6.26 Å². The van der Waals surface area contributed by atoms with Gasteiger partial charge >= 0.3 is 0 Å². The Bertz CT molecular complexity index is 332. The van der Waals surface area contributed by atoms with Crippen LogP contribution in [0.15, 0.2) is 10.8 Å². The fourth-order valence-electron chi connectivity index (χ4n) is 2.31. The molecule has 0 spiro atoms. The Labute approximate surface area is 103 Å². The van der Waals surface area contributed by atoms with Crippen LogP contribution in [0.5, 0.6) is 0 Å². The molecule has 0 unspecified atom stereocenters. The number of nitrogens with one attached hydrogen (secondary N) is 1. The second kappa shape index (κ2) is 6.17. The van der Waals surface area contributed by atoms with Crippen LogP contribution >= 0.6 is 0 Å². The fourth-order valence-corrected chi connectivity index (χ4v) is 2.31. The minimum Gasteiger partial charge on any atom is -0.381 e. The molecule has 2 rings (SSSR count). The van der Waals surface area contributed by atoms with E-state index in [-0.39, 0.29) is 0 Å². The molecule has 17 heavy (non-hydrogen) atoms. The minimum atomic E-state index is 0.481. The average molecular weight is 238 g/mol. The summed E-state index contributed by atoms with van der Waals surface area (Å²) in [4.78, 5) is 0. The molecule has 1 aliphatic heterocycles. The van der Waals surface area contributed by atoms with Gasteiger partial charge in [-0.2, -0.15) is 0 Å². The zero-order chi connectivity index (χ0) is 12.1. The van der Waals surface area contributed by atoms with E-state index in [9.17, 15) is 0 Å². The molecule has 0 amide bonds. The second-order valence-electron chi connectivity index (χ2n) is 4.79. The van der Waals surface area contributed by atoms with Gasteiger partial charge in [-0.15, -0.1) is 0 Å². The summed E-state index contributed by atoms with van der Waals surface area (Å²) in [5.74, 6) is 0.633. The van der Waals surface area contributed by atoms with Crippen LogP contribution in [0.1, 0.15) is 37.9 Å². The summed E-state index contributed by atoms with van der Waals surface area (Å²) in [6, 6.07) is 0.481. The van der Waals surface area contributed by atoms with E-state index in [0.717, 1.165) is 31.9 Å². The van der Waals surface area contributed by atoms with Crippen molar-refractivity contribution in [2.75, 3.05) is 13.2 Å². The molecular formula is C13H22N2O2. The lowest BCUT2D eigenvalue weighted by Crippen LogP contribution is -2.37. The van der Waals surface area contributed by atoms with Crippen LogP contribution in [0.25, 0.3) is 0 Å². The van der Waals surface area contributed by atoms with Gasteiger partial charge in [-0.1, -0.05) is 12.1 Å². The molecule has 1 aliphatic rings. The maximum absolute atomic E-state index is 5.51. The second-order valence-corrected chi connectivity index (χ2v) is 4.79. The topological polar surface area (TPSA) is 47.3 Å². The van der Waals surface area contributed by atoms with Crippen LogP contribution in [0.4, 0.5) is 0 Å². The van der Waals surface area contributed by atoms with Gasteiger partial charge < -0.3 is 14.6 Å². The molecule has 96 valence electrons. The van der Waals surface area contributed by atoms with Crippen molar-refractivity contribution in [1.29, 1.82) is 0 Å². The molecule has 1 N–H and O–H groups in total. The predicted octanol–water partition coefficient (Wildman–Crippen LogP) is 2.14. The lowest BCUT2D eigenvalue weighted by atomic mass is 9.95. The van der Waals surface area contributed by atoms with Gasteiger partial charge in [-0.3, -0.25) is 0 Å². The van der Waals surface area contributed by atoms with Crippen molar-refractivity contribution in [3.8, 4) is 0 Å². The fraction of sp³-hybridized carbons (Fsp3) is 0.769. The highest BCUT2D eigenvalue weighted by Gasteiger charge is 2.20. The van der Waals surface area contributed by atoms with Crippen LogP contribution in [0.3, 0.4) is 0 Å². The van der Waals surface area contributed by atoms with Gasteiger partial charge in [0.05, 0.1) is 12.3 Å². The van der Waals surface area contributed by atoms with Crippen LogP contribution in [0, 0.1) is 5.92 Å². The molecule has 0 aromatic carbocycles. The summed E-state index contributed by atoms with van der Waals surface area (Å²) in [6.07, 6.45) is 5.12. The Kier molecular flexibility index (Phi) is 4.57. The van der Waals surface area contributed by atoms with Crippen molar-refractivity contribution in [3.63, 3.8) is 0 Å². The summed E-state index contributed by atoms with van der Waals surface area (Å²) in [5.41, 5.74) is 2.24. The summed E-state index contributed by atoms with van der Waals surface area (Å²) in [7, 11) is 0. The van der Waals surface area contributed by atoms with E-state index in [2.05, 4.69) is 24.3 Å². The van der Waals surface area contributed by atoms with Crippen molar-refractivity contribution in [1.82, 2.24) is 10.5 Å². The molecule has 1 fully saturated rings. The molecule has 4 heteroatoms. The zero-order valence-electron chi connectivity index (χ0n) is 10.7. The SMILES string of the molecule is CCc1nocc1CN[C@@H](C)[C@@H]1CCCOC1. The Morgan fingerprint density at radius 3 is 3.18 bits per heavy atom. The first-order valence-electron chi connectivity index (χ1n) is 6.54. The quantitative estimate of drug-likeness (QED) is 0.853. The first-order valence-corrected chi connectivity index (χ1v) is 6.54. The van der Waals surface area contributed by atoms with E-state index in [4.69, 9.17) is 9.26 Å². The van der Waals surface area contributed by atoms with E-state index in [1.54, 1.807) is 6.26 Å². The Morgan fingerprint density at radius 1 is 1.59 bits per heavy atom. The number of hydrogen-bond donors (Lipinski definition) is 1. The average Bonchev–Trinajstić information content (AvgIpc) is 2.84. The molecule has 0 aliphatic carbocycles. The van der Waals surface area contributed by atoms with E-state index >= 15 is 0 Å². The lowest BCUT2D eigenvalue weighted by Gasteiger charge is -2.28. The van der Waals surface area contributed by atoms with Gasteiger partial charge in [-0.25, -0.2) is 0 Å². The maximum atomic E-state index is 5.51. The van der Waals surface area contributed by atoms with Crippen molar-refractivity contribution in [3.05, 3.63) is 17.5 Å². The third-order valence-corrected chi connectivity index (χ3v) is 3.58. The van der Waals surface area contributed by atoms with Gasteiger partial charge in [0.25, 0.3) is 0 Å². The molecule has 0 saturated carbocycles. The number of aryl methyl sites for hydroxylation is 1. The van der Waals surface area contributed by atoms with E-state index < -0.39 is 0 Å². The van der Waals surface area contributed by atoms with Crippen molar-refractivity contribution in [2.45, 2.75) is 45.7 Å². The monoisotopic (exact) mass is 238 g/mol. The molecule has 1 aromatic rings. The van der Waals surface area contributed by atoms with Crippen LogP contribution in [-0.2, 0) is 17.7 Å². The molecule has 1 aromatic heterocycles. The third kappa shape index (κ3) is 3.30. The molecule has 4 nitrogen and oxygen atoms in total. The van der Waals surface area contributed by atoms with Crippen LogP contribution < -0.4 is 5.32 Å². The minimum absolute atomic E-state index is 0.481. The molecular weight excluding hydrogens is 216 g/mol. The van der Waals surface area contributed by atoms with Crippen LogP contribution in [0.2, 0.25) is 0 Å². The van der Waals surface area contributed by atoms with E-state index in [1.807, 2.05) is 0 Å². The summed E-state index contributed by atoms with van der Waals surface area (Å²) >= 11 is 0. The first kappa shape index (κ1) is 12.6. The Balaban J connectivity index is 1.80. The molecule has 0 bridgehead atoms. The smallest absolute Gasteiger partial charge is 0.128 e. The highest BCUT2D eigenvalue weighted by Crippen LogP contribution is 2.18. The Morgan fingerprint density at radius 2 is 2.47 bits per heavy atom. The normalized spacial score (nSPS) is 22.6. The van der Waals surface area contributed by atoms with Crippen molar-refractivity contribution < 1.29 is 9.26 Å². The highest BCUT2D eigenvalue weighted by molar-refractivity contribution is 5.14. The largest absolute Gasteiger partial charge is 0.381 e. The van der Waals surface area contributed by atoms with Crippen molar-refractivity contribution >= 4 is 0 Å².